The lowest BCUT2D eigenvalue weighted by Crippen LogP contribution is -2.32. The van der Waals surface area contributed by atoms with E-state index in [0.717, 1.165) is 32.1 Å². The zero-order valence-corrected chi connectivity index (χ0v) is 18.0. The van der Waals surface area contributed by atoms with E-state index in [1.165, 1.54) is 37.0 Å². The Morgan fingerprint density at radius 1 is 0.900 bits per heavy atom. The minimum Gasteiger partial charge on any atom is -0.427 e. The number of esters is 1. The SMILES string of the molecule is CCCCCCCCCC(=O)Oc1ccc(N2C(=O)[C@H]3[C@H]4CC[C@@H](C4)[C@@H]3C2=O)cc1. The lowest BCUT2D eigenvalue weighted by molar-refractivity contribution is -0.134. The fourth-order valence-electron chi connectivity index (χ4n) is 5.74. The first-order valence-electron chi connectivity index (χ1n) is 11.8. The van der Waals surface area contributed by atoms with Gasteiger partial charge in [-0.3, -0.25) is 19.3 Å². The molecule has 162 valence electrons. The second-order valence-electron chi connectivity index (χ2n) is 9.24. The molecule has 3 aliphatic rings. The van der Waals surface area contributed by atoms with Gasteiger partial charge in [-0.15, -0.1) is 0 Å². The molecule has 5 nitrogen and oxygen atoms in total. The Morgan fingerprint density at radius 3 is 2.07 bits per heavy atom. The second kappa shape index (κ2) is 9.32. The van der Waals surface area contributed by atoms with Crippen molar-refractivity contribution in [2.45, 2.75) is 77.6 Å². The smallest absolute Gasteiger partial charge is 0.311 e. The van der Waals surface area contributed by atoms with E-state index >= 15 is 0 Å². The van der Waals surface area contributed by atoms with Crippen molar-refractivity contribution in [2.24, 2.45) is 23.7 Å². The molecule has 2 bridgehead atoms. The highest BCUT2D eigenvalue weighted by molar-refractivity contribution is 6.22. The third-order valence-electron chi connectivity index (χ3n) is 7.24. The lowest BCUT2D eigenvalue weighted by atomic mass is 9.81. The average Bonchev–Trinajstić information content (AvgIpc) is 3.42. The molecule has 2 aliphatic carbocycles. The summed E-state index contributed by atoms with van der Waals surface area (Å²) in [6, 6.07) is 6.80. The van der Waals surface area contributed by atoms with E-state index in [9.17, 15) is 14.4 Å². The number of hydrogen-bond acceptors (Lipinski definition) is 4. The van der Waals surface area contributed by atoms with Gasteiger partial charge < -0.3 is 4.74 Å². The molecule has 3 fully saturated rings. The van der Waals surface area contributed by atoms with E-state index in [1.807, 2.05) is 0 Å². The van der Waals surface area contributed by atoms with E-state index in [1.54, 1.807) is 24.3 Å². The van der Waals surface area contributed by atoms with Crippen LogP contribution >= 0.6 is 0 Å². The van der Waals surface area contributed by atoms with Crippen molar-refractivity contribution in [1.82, 2.24) is 0 Å². The highest BCUT2D eigenvalue weighted by Gasteiger charge is 2.61. The second-order valence-corrected chi connectivity index (χ2v) is 9.24. The van der Waals surface area contributed by atoms with Gasteiger partial charge in [-0.2, -0.15) is 0 Å². The average molecular weight is 412 g/mol. The number of rotatable bonds is 10. The number of carbonyl (C=O) groups is 3. The molecular weight excluding hydrogens is 378 g/mol. The third-order valence-corrected chi connectivity index (χ3v) is 7.24. The van der Waals surface area contributed by atoms with Crippen LogP contribution in [0.4, 0.5) is 5.69 Å². The van der Waals surface area contributed by atoms with Gasteiger partial charge in [0.1, 0.15) is 5.75 Å². The van der Waals surface area contributed by atoms with Crippen molar-refractivity contribution >= 4 is 23.5 Å². The van der Waals surface area contributed by atoms with E-state index in [0.29, 0.717) is 29.7 Å². The number of anilines is 1. The predicted molar refractivity (Wildman–Crippen MR) is 115 cm³/mol. The summed E-state index contributed by atoms with van der Waals surface area (Å²) < 4.78 is 5.42. The monoisotopic (exact) mass is 411 g/mol. The highest BCUT2D eigenvalue weighted by Crippen LogP contribution is 2.56. The first-order chi connectivity index (χ1) is 14.6. The fourth-order valence-corrected chi connectivity index (χ4v) is 5.74. The van der Waals surface area contributed by atoms with Crippen LogP contribution < -0.4 is 9.64 Å². The summed E-state index contributed by atoms with van der Waals surface area (Å²) in [7, 11) is 0. The molecule has 5 heteroatoms. The molecule has 2 amide bonds. The number of carbonyl (C=O) groups excluding carboxylic acids is 3. The molecule has 1 heterocycles. The van der Waals surface area contributed by atoms with Gasteiger partial charge in [-0.05, 0) is 61.8 Å². The van der Waals surface area contributed by atoms with Crippen LogP contribution in [0.3, 0.4) is 0 Å². The number of nitrogens with zero attached hydrogens (tertiary/aromatic N) is 1. The van der Waals surface area contributed by atoms with E-state index in [2.05, 4.69) is 6.92 Å². The standard InChI is InChI=1S/C25H33NO4/c1-2-3-4-5-6-7-8-9-21(27)30-20-14-12-19(13-15-20)26-24(28)22-17-10-11-18(16-17)23(22)25(26)29/h12-15,17-18,22-23H,2-11,16H2,1H3/t17-,18-,22-,23-/m0/s1. The molecule has 0 aromatic heterocycles. The molecule has 1 saturated heterocycles. The van der Waals surface area contributed by atoms with Crippen molar-refractivity contribution in [3.8, 4) is 5.75 Å². The van der Waals surface area contributed by atoms with Crippen molar-refractivity contribution in [3.63, 3.8) is 0 Å². The van der Waals surface area contributed by atoms with Gasteiger partial charge in [0.05, 0.1) is 17.5 Å². The Hall–Kier alpha value is -2.17. The van der Waals surface area contributed by atoms with Crippen LogP contribution in [0.15, 0.2) is 24.3 Å². The maximum absolute atomic E-state index is 12.9. The Bertz CT molecular complexity index is 759. The number of imide groups is 1. The number of hydrogen-bond donors (Lipinski definition) is 0. The molecule has 1 aromatic carbocycles. The molecule has 0 N–H and O–H groups in total. The van der Waals surface area contributed by atoms with Gasteiger partial charge in [0.25, 0.3) is 0 Å². The summed E-state index contributed by atoms with van der Waals surface area (Å²) >= 11 is 0. The van der Waals surface area contributed by atoms with Crippen LogP contribution in [0.2, 0.25) is 0 Å². The molecule has 4 atom stereocenters. The molecule has 0 unspecified atom stereocenters. The van der Waals surface area contributed by atoms with Crippen LogP contribution in [0.5, 0.6) is 5.75 Å². The van der Waals surface area contributed by atoms with Gasteiger partial charge >= 0.3 is 5.97 Å². The maximum Gasteiger partial charge on any atom is 0.311 e. The molecule has 1 aliphatic heterocycles. The number of ether oxygens (including phenoxy) is 1. The summed E-state index contributed by atoms with van der Waals surface area (Å²) in [6.45, 7) is 2.21. The summed E-state index contributed by atoms with van der Waals surface area (Å²) in [5.41, 5.74) is 0.589. The zero-order valence-electron chi connectivity index (χ0n) is 18.0. The first kappa shape index (κ1) is 21.1. The number of amides is 2. The van der Waals surface area contributed by atoms with Crippen LogP contribution in [-0.4, -0.2) is 17.8 Å². The highest BCUT2D eigenvalue weighted by atomic mass is 16.5. The summed E-state index contributed by atoms with van der Waals surface area (Å²) in [5, 5.41) is 0. The van der Waals surface area contributed by atoms with Crippen molar-refractivity contribution in [1.29, 1.82) is 0 Å². The Balaban J connectivity index is 1.26. The normalized spacial score (nSPS) is 27.0. The lowest BCUT2D eigenvalue weighted by Gasteiger charge is -2.19. The molecular formula is C25H33NO4. The van der Waals surface area contributed by atoms with Crippen LogP contribution in [0.25, 0.3) is 0 Å². The Kier molecular flexibility index (Phi) is 6.55. The van der Waals surface area contributed by atoms with E-state index < -0.39 is 0 Å². The summed E-state index contributed by atoms with van der Waals surface area (Å²) in [4.78, 5) is 39.2. The van der Waals surface area contributed by atoms with Crippen molar-refractivity contribution < 1.29 is 19.1 Å². The largest absolute Gasteiger partial charge is 0.427 e. The molecule has 30 heavy (non-hydrogen) atoms. The third kappa shape index (κ3) is 4.17. The quantitative estimate of drug-likeness (QED) is 0.228. The van der Waals surface area contributed by atoms with Crippen LogP contribution in [0, 0.1) is 23.7 Å². The molecule has 0 radical (unpaired) electrons. The van der Waals surface area contributed by atoms with E-state index in [-0.39, 0.29) is 29.6 Å². The van der Waals surface area contributed by atoms with Gasteiger partial charge in [-0.1, -0.05) is 45.4 Å². The molecule has 0 spiro atoms. The molecule has 4 rings (SSSR count). The van der Waals surface area contributed by atoms with Crippen molar-refractivity contribution in [3.05, 3.63) is 24.3 Å². The number of benzene rings is 1. The Labute approximate surface area is 179 Å². The minimum absolute atomic E-state index is 0.0409. The molecule has 2 saturated carbocycles. The minimum atomic E-state index is -0.226. The van der Waals surface area contributed by atoms with Crippen molar-refractivity contribution in [2.75, 3.05) is 4.90 Å². The number of unbranched alkanes of at least 4 members (excludes halogenated alkanes) is 6. The van der Waals surface area contributed by atoms with Crippen LogP contribution in [0.1, 0.15) is 77.6 Å². The fraction of sp³-hybridized carbons (Fsp3) is 0.640. The zero-order chi connectivity index (χ0) is 21.1. The summed E-state index contributed by atoms with van der Waals surface area (Å²) in [5.74, 6) is 0.691. The van der Waals surface area contributed by atoms with Crippen LogP contribution in [-0.2, 0) is 14.4 Å². The number of fused-ring (bicyclic) bond motifs is 5. The summed E-state index contributed by atoms with van der Waals surface area (Å²) in [6.07, 6.45) is 11.7. The predicted octanol–water partition coefficient (Wildman–Crippen LogP) is 5.27. The molecule has 1 aromatic rings. The van der Waals surface area contributed by atoms with Gasteiger partial charge in [0.2, 0.25) is 11.8 Å². The Morgan fingerprint density at radius 2 is 1.47 bits per heavy atom. The van der Waals surface area contributed by atoms with E-state index in [4.69, 9.17) is 4.74 Å². The first-order valence-corrected chi connectivity index (χ1v) is 11.8. The van der Waals surface area contributed by atoms with Gasteiger partial charge in [-0.25, -0.2) is 0 Å². The van der Waals surface area contributed by atoms with Gasteiger partial charge in [0, 0.05) is 6.42 Å². The topological polar surface area (TPSA) is 63.7 Å². The maximum atomic E-state index is 12.9. The van der Waals surface area contributed by atoms with Gasteiger partial charge in [0.15, 0.2) is 0 Å².